The molecule has 0 aliphatic carbocycles. The third kappa shape index (κ3) is 5.65. The smallest absolute Gasteiger partial charge is 0.434 e. The van der Waals surface area contributed by atoms with Crippen molar-refractivity contribution in [2.24, 2.45) is 4.99 Å². The summed E-state index contributed by atoms with van der Waals surface area (Å²) in [7, 11) is 0. The van der Waals surface area contributed by atoms with Crippen LogP contribution >= 0.6 is 57.1 Å². The van der Waals surface area contributed by atoms with E-state index in [-0.39, 0.29) is 21.5 Å². The first kappa shape index (κ1) is 28.7. The van der Waals surface area contributed by atoms with E-state index in [1.807, 2.05) is 22.6 Å². The monoisotopic (exact) mass is 696 g/mol. The second-order valence-corrected chi connectivity index (χ2v) is 10.9. The zero-order chi connectivity index (χ0) is 27.8. The number of alkyl halides is 3. The molecule has 0 N–H and O–H groups in total. The van der Waals surface area contributed by atoms with Crippen molar-refractivity contribution >= 4 is 69.2 Å². The lowest BCUT2D eigenvalue weighted by molar-refractivity contribution is -0.140. The third-order valence-electron chi connectivity index (χ3n) is 5.39. The van der Waals surface area contributed by atoms with Gasteiger partial charge in [0.15, 0.2) is 10.5 Å². The molecule has 0 unspecified atom stereocenters. The summed E-state index contributed by atoms with van der Waals surface area (Å²) in [6.07, 6.45) is -3.50. The number of hydrogen-bond acceptors (Lipinski definition) is 6. The fraction of sp³-hybridized carbons (Fsp3) is 0.240. The summed E-state index contributed by atoms with van der Waals surface area (Å²) in [6, 6.07) is 7.66. The van der Waals surface area contributed by atoms with Gasteiger partial charge in [-0.2, -0.15) is 13.2 Å². The van der Waals surface area contributed by atoms with Gasteiger partial charge in [-0.05, 0) is 72.3 Å². The zero-order valence-corrected chi connectivity index (χ0v) is 24.2. The average molecular weight is 697 g/mol. The van der Waals surface area contributed by atoms with E-state index in [1.54, 1.807) is 19.1 Å². The number of fused-ring (bicyclic) bond motifs is 1. The van der Waals surface area contributed by atoms with Crippen LogP contribution in [0.25, 0.3) is 6.08 Å². The highest BCUT2D eigenvalue weighted by molar-refractivity contribution is 14.1. The molecule has 0 spiro atoms. The molecule has 0 radical (unpaired) electrons. The average Bonchev–Trinajstić information content (AvgIpc) is 3.15. The molecule has 0 fully saturated rings. The number of carbonyl (C=O) groups is 1. The largest absolute Gasteiger partial charge is 0.492 e. The number of halogens is 6. The third-order valence-corrected chi connectivity index (χ3v) is 7.65. The number of ether oxygens (including phenoxy) is 2. The van der Waals surface area contributed by atoms with E-state index in [4.69, 9.17) is 32.7 Å². The number of hydrogen-bond donors (Lipinski definition) is 0. The van der Waals surface area contributed by atoms with Crippen LogP contribution in [0, 0.1) is 3.57 Å². The SMILES string of the molecule is CCOC(=O)C1=C(C(F)(F)F)N=c2s/c(=C\c3cc(Cl)cc(I)c3OCC)c(=O)n2[C@@H]1c1ccc(Cl)cc1. The Morgan fingerprint density at radius 3 is 2.45 bits per heavy atom. The number of aromatic nitrogens is 1. The van der Waals surface area contributed by atoms with Crippen molar-refractivity contribution in [3.63, 3.8) is 0 Å². The maximum absolute atomic E-state index is 14.2. The van der Waals surface area contributed by atoms with E-state index >= 15 is 0 Å². The summed E-state index contributed by atoms with van der Waals surface area (Å²) < 4.78 is 55.2. The molecular weight excluding hydrogens is 679 g/mol. The first-order chi connectivity index (χ1) is 18.0. The van der Waals surface area contributed by atoms with Gasteiger partial charge in [0.05, 0.1) is 32.9 Å². The summed E-state index contributed by atoms with van der Waals surface area (Å²) in [6.45, 7) is 3.44. The molecule has 1 aromatic heterocycles. The van der Waals surface area contributed by atoms with Gasteiger partial charge in [0.2, 0.25) is 0 Å². The van der Waals surface area contributed by atoms with Crippen LogP contribution in [0.15, 0.2) is 57.5 Å². The van der Waals surface area contributed by atoms with Crippen molar-refractivity contribution < 1.29 is 27.4 Å². The number of carbonyl (C=O) groups excluding carboxylic acids is 1. The number of allylic oxidation sites excluding steroid dienone is 1. The summed E-state index contributed by atoms with van der Waals surface area (Å²) in [5.74, 6) is -0.749. The van der Waals surface area contributed by atoms with Crippen molar-refractivity contribution in [2.75, 3.05) is 13.2 Å². The van der Waals surface area contributed by atoms with Gasteiger partial charge < -0.3 is 9.47 Å². The Balaban J connectivity index is 2.06. The Morgan fingerprint density at radius 1 is 1.16 bits per heavy atom. The molecular formula is C25H18Cl2F3IN2O4S. The van der Waals surface area contributed by atoms with Crippen LogP contribution < -0.4 is 19.6 Å². The lowest BCUT2D eigenvalue weighted by Crippen LogP contribution is -2.41. The second kappa shape index (κ2) is 11.4. The number of rotatable bonds is 6. The van der Waals surface area contributed by atoms with E-state index < -0.39 is 35.0 Å². The molecule has 6 nitrogen and oxygen atoms in total. The standard InChI is InChI=1S/C25H18Cl2F3IN2O4S/c1-3-36-20-13(9-15(27)11-16(20)31)10-17-22(34)33-19(12-5-7-14(26)8-6-12)18(23(35)37-4-2)21(25(28,29)30)32-24(33)38-17/h5-11,19H,3-4H2,1-2H3/b17-10-/t19-/m1/s1. The number of benzene rings is 2. The molecule has 1 atom stereocenters. The van der Waals surface area contributed by atoms with Crippen molar-refractivity contribution in [3.8, 4) is 5.75 Å². The van der Waals surface area contributed by atoms with Crippen LogP contribution in [-0.4, -0.2) is 29.9 Å². The summed E-state index contributed by atoms with van der Waals surface area (Å²) in [5, 5.41) is 0.720. The van der Waals surface area contributed by atoms with Crippen molar-refractivity contribution in [1.82, 2.24) is 4.57 Å². The Morgan fingerprint density at radius 2 is 1.84 bits per heavy atom. The molecule has 0 saturated carbocycles. The van der Waals surface area contributed by atoms with Crippen LogP contribution in [0.3, 0.4) is 0 Å². The van der Waals surface area contributed by atoms with Crippen molar-refractivity contribution in [3.05, 3.63) is 92.1 Å². The number of esters is 1. The van der Waals surface area contributed by atoms with Gasteiger partial charge in [-0.15, -0.1) is 0 Å². The van der Waals surface area contributed by atoms with Crippen molar-refractivity contribution in [1.29, 1.82) is 0 Å². The van der Waals surface area contributed by atoms with Gasteiger partial charge in [0, 0.05) is 15.6 Å². The lowest BCUT2D eigenvalue weighted by atomic mass is 9.95. The minimum atomic E-state index is -4.99. The van der Waals surface area contributed by atoms with E-state index in [1.165, 1.54) is 37.3 Å². The minimum absolute atomic E-state index is 0.0772. The molecule has 2 aromatic carbocycles. The molecule has 0 amide bonds. The summed E-state index contributed by atoms with van der Waals surface area (Å²) >= 11 is 15.0. The topological polar surface area (TPSA) is 69.9 Å². The Kier molecular flexibility index (Phi) is 8.60. The number of thiazole rings is 1. The van der Waals surface area contributed by atoms with Crippen LogP contribution in [0.2, 0.25) is 10.0 Å². The number of nitrogens with zero attached hydrogens (tertiary/aromatic N) is 2. The molecule has 4 rings (SSSR count). The fourth-order valence-corrected chi connectivity index (χ4v) is 6.26. The molecule has 2 heterocycles. The molecule has 1 aliphatic rings. The van der Waals surface area contributed by atoms with Gasteiger partial charge in [-0.25, -0.2) is 9.79 Å². The highest BCUT2D eigenvalue weighted by atomic mass is 127. The van der Waals surface area contributed by atoms with Gasteiger partial charge >= 0.3 is 12.1 Å². The van der Waals surface area contributed by atoms with Crippen LogP contribution in [0.1, 0.15) is 31.0 Å². The summed E-state index contributed by atoms with van der Waals surface area (Å²) in [5.41, 5.74) is -2.15. The molecule has 13 heteroatoms. The fourth-order valence-electron chi connectivity index (χ4n) is 3.93. The normalized spacial score (nSPS) is 15.8. The first-order valence-electron chi connectivity index (χ1n) is 11.1. The predicted octanol–water partition coefficient (Wildman–Crippen LogP) is 5.65. The minimum Gasteiger partial charge on any atom is -0.492 e. The van der Waals surface area contributed by atoms with Crippen molar-refractivity contribution in [2.45, 2.75) is 26.1 Å². The molecule has 200 valence electrons. The van der Waals surface area contributed by atoms with E-state index in [9.17, 15) is 22.8 Å². The highest BCUT2D eigenvalue weighted by Gasteiger charge is 2.45. The van der Waals surface area contributed by atoms with E-state index in [2.05, 4.69) is 4.99 Å². The summed E-state index contributed by atoms with van der Waals surface area (Å²) in [4.78, 5) is 30.1. The molecule has 1 aliphatic heterocycles. The van der Waals surface area contributed by atoms with Gasteiger partial charge in [0.25, 0.3) is 5.56 Å². The maximum atomic E-state index is 14.2. The Labute approximate surface area is 242 Å². The Hall–Kier alpha value is -2.35. The van der Waals surface area contributed by atoms with Gasteiger partial charge in [-0.3, -0.25) is 9.36 Å². The molecule has 0 saturated heterocycles. The van der Waals surface area contributed by atoms with Gasteiger partial charge in [0.1, 0.15) is 5.75 Å². The maximum Gasteiger partial charge on any atom is 0.434 e. The molecule has 38 heavy (non-hydrogen) atoms. The van der Waals surface area contributed by atoms with E-state index in [0.717, 1.165) is 15.9 Å². The molecule has 3 aromatic rings. The van der Waals surface area contributed by atoms with Crippen LogP contribution in [0.5, 0.6) is 5.75 Å². The molecule has 0 bridgehead atoms. The second-order valence-electron chi connectivity index (χ2n) is 7.85. The Bertz CT molecular complexity index is 1620. The van der Waals surface area contributed by atoms with Crippen LogP contribution in [-0.2, 0) is 9.53 Å². The van der Waals surface area contributed by atoms with Crippen LogP contribution in [0.4, 0.5) is 13.2 Å². The van der Waals surface area contributed by atoms with E-state index in [0.29, 0.717) is 31.5 Å². The quantitative estimate of drug-likeness (QED) is 0.247. The predicted molar refractivity (Wildman–Crippen MR) is 148 cm³/mol. The highest BCUT2D eigenvalue weighted by Crippen LogP contribution is 2.38. The first-order valence-corrected chi connectivity index (χ1v) is 13.8. The van der Waals surface area contributed by atoms with Gasteiger partial charge in [-0.1, -0.05) is 46.7 Å². The zero-order valence-electron chi connectivity index (χ0n) is 19.7. The lowest BCUT2D eigenvalue weighted by Gasteiger charge is -2.26.